The maximum Gasteiger partial charge on any atom is 0.410 e. The molecule has 0 unspecified atom stereocenters. The summed E-state index contributed by atoms with van der Waals surface area (Å²) in [6.07, 6.45) is 1.99. The van der Waals surface area contributed by atoms with Crippen molar-refractivity contribution in [3.05, 3.63) is 0 Å². The van der Waals surface area contributed by atoms with Crippen LogP contribution in [0.3, 0.4) is 0 Å². The maximum absolute atomic E-state index is 11.7. The third kappa shape index (κ3) is 4.33. The molecule has 0 radical (unpaired) electrons. The van der Waals surface area contributed by atoms with Gasteiger partial charge in [0, 0.05) is 13.1 Å². The van der Waals surface area contributed by atoms with Crippen LogP contribution in [0.25, 0.3) is 0 Å². The van der Waals surface area contributed by atoms with Crippen molar-refractivity contribution in [2.24, 2.45) is 5.92 Å². The van der Waals surface area contributed by atoms with Gasteiger partial charge in [0.25, 0.3) is 0 Å². The lowest BCUT2D eigenvalue weighted by Crippen LogP contribution is -2.35. The van der Waals surface area contributed by atoms with Gasteiger partial charge in [0.15, 0.2) is 0 Å². The molecule has 1 rings (SSSR count). The first-order chi connectivity index (χ1) is 6.92. The highest BCUT2D eigenvalue weighted by atomic mass is 32.1. The molecule has 1 aliphatic rings. The summed E-state index contributed by atoms with van der Waals surface area (Å²) in [4.78, 5) is 13.5. The van der Waals surface area contributed by atoms with Gasteiger partial charge in [-0.1, -0.05) is 0 Å². The van der Waals surface area contributed by atoms with Crippen molar-refractivity contribution in [1.29, 1.82) is 0 Å². The van der Waals surface area contributed by atoms with Gasteiger partial charge in [0.2, 0.25) is 0 Å². The fourth-order valence-corrected chi connectivity index (χ4v) is 2.11. The smallest absolute Gasteiger partial charge is 0.410 e. The topological polar surface area (TPSA) is 29.5 Å². The largest absolute Gasteiger partial charge is 0.444 e. The molecule has 1 fully saturated rings. The summed E-state index contributed by atoms with van der Waals surface area (Å²) < 4.78 is 5.32. The van der Waals surface area contributed by atoms with Crippen molar-refractivity contribution < 1.29 is 9.53 Å². The Labute approximate surface area is 97.6 Å². The SMILES string of the molecule is CC(C)(C)OC(=O)N1CC[C@H](CCS)C1. The minimum Gasteiger partial charge on any atom is -0.444 e. The molecule has 1 aliphatic heterocycles. The van der Waals surface area contributed by atoms with Crippen LogP contribution in [-0.4, -0.2) is 35.4 Å². The van der Waals surface area contributed by atoms with E-state index < -0.39 is 5.60 Å². The molecule has 88 valence electrons. The van der Waals surface area contributed by atoms with Gasteiger partial charge in [0.1, 0.15) is 5.60 Å². The number of nitrogens with zero attached hydrogens (tertiary/aromatic N) is 1. The van der Waals surface area contributed by atoms with E-state index in [2.05, 4.69) is 12.6 Å². The lowest BCUT2D eigenvalue weighted by Gasteiger charge is -2.24. The van der Waals surface area contributed by atoms with Gasteiger partial charge in [-0.2, -0.15) is 12.6 Å². The standard InChI is InChI=1S/C11H21NO2S/c1-11(2,3)14-10(13)12-6-4-9(8-12)5-7-15/h9,15H,4-8H2,1-3H3/t9-/m1/s1. The van der Waals surface area contributed by atoms with Gasteiger partial charge >= 0.3 is 6.09 Å². The van der Waals surface area contributed by atoms with Crippen molar-refractivity contribution in [3.8, 4) is 0 Å². The molecule has 1 amide bonds. The van der Waals surface area contributed by atoms with E-state index in [9.17, 15) is 4.79 Å². The fourth-order valence-electron chi connectivity index (χ4n) is 1.74. The molecule has 0 spiro atoms. The Balaban J connectivity index is 2.37. The van der Waals surface area contributed by atoms with Gasteiger partial charge in [-0.15, -0.1) is 0 Å². The van der Waals surface area contributed by atoms with Gasteiger partial charge in [-0.05, 0) is 45.3 Å². The summed E-state index contributed by atoms with van der Waals surface area (Å²) in [6.45, 7) is 7.34. The summed E-state index contributed by atoms with van der Waals surface area (Å²) in [5.74, 6) is 1.50. The lowest BCUT2D eigenvalue weighted by atomic mass is 10.1. The number of hydrogen-bond donors (Lipinski definition) is 1. The Hall–Kier alpha value is -0.380. The summed E-state index contributed by atoms with van der Waals surface area (Å²) in [6, 6.07) is 0. The van der Waals surface area contributed by atoms with Crippen molar-refractivity contribution in [2.45, 2.75) is 39.2 Å². The molecule has 0 bridgehead atoms. The van der Waals surface area contributed by atoms with E-state index in [0.717, 1.165) is 31.7 Å². The molecule has 0 aliphatic carbocycles. The van der Waals surface area contributed by atoms with E-state index in [1.165, 1.54) is 0 Å². The van der Waals surface area contributed by atoms with Crippen molar-refractivity contribution in [3.63, 3.8) is 0 Å². The average Bonchev–Trinajstić information content (AvgIpc) is 2.50. The van der Waals surface area contributed by atoms with Gasteiger partial charge in [0.05, 0.1) is 0 Å². The van der Waals surface area contributed by atoms with E-state index in [-0.39, 0.29) is 6.09 Å². The third-order valence-corrected chi connectivity index (χ3v) is 2.73. The van der Waals surface area contributed by atoms with Crippen LogP contribution in [0.1, 0.15) is 33.6 Å². The number of thiol groups is 1. The quantitative estimate of drug-likeness (QED) is 0.740. The van der Waals surface area contributed by atoms with Crippen LogP contribution in [0.5, 0.6) is 0 Å². The fraction of sp³-hybridized carbons (Fsp3) is 0.909. The molecule has 1 heterocycles. The van der Waals surface area contributed by atoms with Crippen LogP contribution in [0, 0.1) is 5.92 Å². The Morgan fingerprint density at radius 3 is 2.73 bits per heavy atom. The molecule has 15 heavy (non-hydrogen) atoms. The molecule has 0 N–H and O–H groups in total. The first kappa shape index (κ1) is 12.7. The highest BCUT2D eigenvalue weighted by Crippen LogP contribution is 2.21. The third-order valence-electron chi connectivity index (χ3n) is 2.47. The number of carbonyl (C=O) groups excluding carboxylic acids is 1. The minimum atomic E-state index is -0.390. The monoisotopic (exact) mass is 231 g/mol. The second kappa shape index (κ2) is 5.10. The van der Waals surface area contributed by atoms with Crippen LogP contribution in [0.15, 0.2) is 0 Å². The maximum atomic E-state index is 11.7. The zero-order valence-electron chi connectivity index (χ0n) is 9.82. The number of amides is 1. The minimum absolute atomic E-state index is 0.177. The number of ether oxygens (including phenoxy) is 1. The normalized spacial score (nSPS) is 21.9. The van der Waals surface area contributed by atoms with Crippen LogP contribution in [0.4, 0.5) is 4.79 Å². The first-order valence-corrected chi connectivity index (χ1v) is 6.14. The Kier molecular flexibility index (Phi) is 4.32. The van der Waals surface area contributed by atoms with E-state index in [1.54, 1.807) is 4.90 Å². The van der Waals surface area contributed by atoms with Gasteiger partial charge in [-0.3, -0.25) is 0 Å². The van der Waals surface area contributed by atoms with E-state index in [0.29, 0.717) is 5.92 Å². The van der Waals surface area contributed by atoms with Crippen molar-refractivity contribution in [1.82, 2.24) is 4.90 Å². The molecule has 0 aromatic carbocycles. The molecule has 0 saturated carbocycles. The lowest BCUT2D eigenvalue weighted by molar-refractivity contribution is 0.0288. The molecule has 4 heteroatoms. The zero-order valence-corrected chi connectivity index (χ0v) is 10.7. The number of rotatable bonds is 2. The molecule has 1 atom stereocenters. The second-order valence-electron chi connectivity index (χ2n) is 5.09. The zero-order chi connectivity index (χ0) is 11.5. The Bertz CT molecular complexity index is 225. The van der Waals surface area contributed by atoms with Gasteiger partial charge < -0.3 is 9.64 Å². The van der Waals surface area contributed by atoms with E-state index >= 15 is 0 Å². The molecule has 1 saturated heterocycles. The predicted octanol–water partition coefficient (Wildman–Crippen LogP) is 2.56. The molecular weight excluding hydrogens is 210 g/mol. The Morgan fingerprint density at radius 2 is 2.20 bits per heavy atom. The van der Waals surface area contributed by atoms with Crippen LogP contribution in [0.2, 0.25) is 0 Å². The van der Waals surface area contributed by atoms with Crippen LogP contribution >= 0.6 is 12.6 Å². The highest BCUT2D eigenvalue weighted by Gasteiger charge is 2.29. The van der Waals surface area contributed by atoms with Crippen molar-refractivity contribution >= 4 is 18.7 Å². The van der Waals surface area contributed by atoms with E-state index in [1.807, 2.05) is 20.8 Å². The van der Waals surface area contributed by atoms with Crippen LogP contribution < -0.4 is 0 Å². The summed E-state index contributed by atoms with van der Waals surface area (Å²) in [7, 11) is 0. The molecular formula is C11H21NO2S. The summed E-state index contributed by atoms with van der Waals surface area (Å²) in [5, 5.41) is 0. The van der Waals surface area contributed by atoms with Gasteiger partial charge in [-0.25, -0.2) is 4.79 Å². The Morgan fingerprint density at radius 1 is 1.53 bits per heavy atom. The summed E-state index contributed by atoms with van der Waals surface area (Å²) in [5.41, 5.74) is -0.390. The van der Waals surface area contributed by atoms with Crippen LogP contribution in [-0.2, 0) is 4.74 Å². The predicted molar refractivity (Wildman–Crippen MR) is 64.4 cm³/mol. The second-order valence-corrected chi connectivity index (χ2v) is 5.54. The number of likely N-dealkylation sites (tertiary alicyclic amines) is 1. The molecule has 0 aromatic heterocycles. The number of hydrogen-bond acceptors (Lipinski definition) is 3. The average molecular weight is 231 g/mol. The van der Waals surface area contributed by atoms with Crippen molar-refractivity contribution in [2.75, 3.05) is 18.8 Å². The highest BCUT2D eigenvalue weighted by molar-refractivity contribution is 7.80. The van der Waals surface area contributed by atoms with E-state index in [4.69, 9.17) is 4.74 Å². The summed E-state index contributed by atoms with van der Waals surface area (Å²) >= 11 is 4.21. The first-order valence-electron chi connectivity index (χ1n) is 5.51. The molecule has 0 aromatic rings. The number of carbonyl (C=O) groups is 1. The molecule has 3 nitrogen and oxygen atoms in total.